The van der Waals surface area contributed by atoms with Crippen molar-refractivity contribution in [1.82, 2.24) is 10.3 Å². The molecule has 8 N–H and O–H groups in total. The SMILES string of the molecule is C[N+](CCN)(CCN)CCCC(N)C(=O)N[C@@H](CCc1ccccc1)C(=O)Nc1cnc2ccccc2c1. The number of nitrogens with one attached hydrogen (secondary N) is 2. The van der Waals surface area contributed by atoms with E-state index in [1.807, 2.05) is 60.7 Å². The number of anilines is 1. The molecule has 0 saturated heterocycles. The topological polar surface area (TPSA) is 149 Å². The molecule has 204 valence electrons. The van der Waals surface area contributed by atoms with Crippen molar-refractivity contribution in [3.63, 3.8) is 0 Å². The Bertz CT molecular complexity index is 1170. The zero-order valence-corrected chi connectivity index (χ0v) is 22.3. The van der Waals surface area contributed by atoms with Gasteiger partial charge in [0.05, 0.1) is 50.1 Å². The number of pyridine rings is 1. The Morgan fingerprint density at radius 1 is 0.921 bits per heavy atom. The molecule has 2 aromatic carbocycles. The van der Waals surface area contributed by atoms with Gasteiger partial charge in [-0.1, -0.05) is 48.5 Å². The highest BCUT2D eigenvalue weighted by atomic mass is 16.2. The molecule has 1 heterocycles. The molecule has 3 rings (SSSR count). The van der Waals surface area contributed by atoms with E-state index in [0.717, 1.165) is 47.0 Å². The summed E-state index contributed by atoms with van der Waals surface area (Å²) in [6.07, 6.45) is 3.97. The molecular weight excluding hydrogens is 478 g/mol. The summed E-state index contributed by atoms with van der Waals surface area (Å²) in [7, 11) is 2.12. The molecule has 2 amide bonds. The van der Waals surface area contributed by atoms with Gasteiger partial charge in [-0.25, -0.2) is 0 Å². The number of fused-ring (bicyclic) bond motifs is 1. The van der Waals surface area contributed by atoms with E-state index < -0.39 is 12.1 Å². The molecule has 3 aromatic rings. The molecule has 9 nitrogen and oxygen atoms in total. The monoisotopic (exact) mass is 520 g/mol. The molecule has 0 fully saturated rings. The molecule has 9 heteroatoms. The van der Waals surface area contributed by atoms with E-state index in [2.05, 4.69) is 22.7 Å². The number of quaternary nitrogens is 1. The Morgan fingerprint density at radius 3 is 2.32 bits per heavy atom. The van der Waals surface area contributed by atoms with Gasteiger partial charge in [0.1, 0.15) is 6.04 Å². The first kappa shape index (κ1) is 29.2. The molecule has 38 heavy (non-hydrogen) atoms. The number of benzene rings is 2. The fourth-order valence-electron chi connectivity index (χ4n) is 4.65. The van der Waals surface area contributed by atoms with Crippen LogP contribution in [0, 0.1) is 0 Å². The average Bonchev–Trinajstić information content (AvgIpc) is 2.91. The summed E-state index contributed by atoms with van der Waals surface area (Å²) >= 11 is 0. The van der Waals surface area contributed by atoms with E-state index in [1.54, 1.807) is 6.20 Å². The van der Waals surface area contributed by atoms with E-state index in [0.29, 0.717) is 38.0 Å². The molecule has 0 aliphatic rings. The lowest BCUT2D eigenvalue weighted by atomic mass is 10.0. The third-order valence-electron chi connectivity index (χ3n) is 6.94. The van der Waals surface area contributed by atoms with Gasteiger partial charge >= 0.3 is 0 Å². The molecule has 0 aliphatic carbocycles. The first-order chi connectivity index (χ1) is 18.3. The van der Waals surface area contributed by atoms with Crippen molar-refractivity contribution >= 4 is 28.4 Å². The smallest absolute Gasteiger partial charge is 0.247 e. The van der Waals surface area contributed by atoms with Gasteiger partial charge in [0.15, 0.2) is 0 Å². The number of hydrogen-bond acceptors (Lipinski definition) is 6. The normalized spacial score (nSPS) is 13.2. The lowest BCUT2D eigenvalue weighted by molar-refractivity contribution is -0.907. The number of amides is 2. The van der Waals surface area contributed by atoms with Crippen molar-refractivity contribution in [2.24, 2.45) is 17.2 Å². The van der Waals surface area contributed by atoms with Crippen LogP contribution >= 0.6 is 0 Å². The van der Waals surface area contributed by atoms with E-state index in [9.17, 15) is 9.59 Å². The van der Waals surface area contributed by atoms with Gasteiger partial charge in [0, 0.05) is 18.5 Å². The van der Waals surface area contributed by atoms with Crippen LogP contribution in [0.3, 0.4) is 0 Å². The number of aromatic nitrogens is 1. The summed E-state index contributed by atoms with van der Waals surface area (Å²) in [5, 5.41) is 6.75. The lowest BCUT2D eigenvalue weighted by Gasteiger charge is -2.34. The van der Waals surface area contributed by atoms with Crippen LogP contribution in [0.4, 0.5) is 5.69 Å². The highest BCUT2D eigenvalue weighted by Gasteiger charge is 2.25. The largest absolute Gasteiger partial charge is 0.343 e. The highest BCUT2D eigenvalue weighted by Crippen LogP contribution is 2.17. The van der Waals surface area contributed by atoms with Gasteiger partial charge in [-0.2, -0.15) is 0 Å². The first-order valence-corrected chi connectivity index (χ1v) is 13.3. The average molecular weight is 521 g/mol. The first-order valence-electron chi connectivity index (χ1n) is 13.3. The summed E-state index contributed by atoms with van der Waals surface area (Å²) in [6, 6.07) is 18.0. The van der Waals surface area contributed by atoms with E-state index in [1.165, 1.54) is 0 Å². The summed E-state index contributed by atoms with van der Waals surface area (Å²) in [5.41, 5.74) is 20.3. The number of nitrogens with zero attached hydrogens (tertiary/aromatic N) is 2. The van der Waals surface area contributed by atoms with Crippen LogP contribution in [0.25, 0.3) is 10.9 Å². The van der Waals surface area contributed by atoms with Crippen molar-refractivity contribution in [3.05, 3.63) is 72.4 Å². The number of hydrogen-bond donors (Lipinski definition) is 5. The minimum atomic E-state index is -0.740. The van der Waals surface area contributed by atoms with Crippen molar-refractivity contribution < 1.29 is 14.1 Å². The maximum absolute atomic E-state index is 13.3. The van der Waals surface area contributed by atoms with Gasteiger partial charge in [-0.05, 0) is 43.4 Å². The Labute approximate surface area is 225 Å². The van der Waals surface area contributed by atoms with Gasteiger partial charge < -0.3 is 32.3 Å². The maximum atomic E-state index is 13.3. The summed E-state index contributed by atoms with van der Waals surface area (Å²) in [6.45, 7) is 3.64. The van der Waals surface area contributed by atoms with Crippen molar-refractivity contribution in [2.45, 2.75) is 37.8 Å². The molecule has 0 aliphatic heterocycles. The van der Waals surface area contributed by atoms with Crippen LogP contribution in [-0.2, 0) is 16.0 Å². The highest BCUT2D eigenvalue weighted by molar-refractivity contribution is 5.98. The Kier molecular flexibility index (Phi) is 11.2. The van der Waals surface area contributed by atoms with Crippen molar-refractivity contribution in [1.29, 1.82) is 0 Å². The third-order valence-corrected chi connectivity index (χ3v) is 6.94. The van der Waals surface area contributed by atoms with Crippen molar-refractivity contribution in [3.8, 4) is 0 Å². The second-order valence-electron chi connectivity index (χ2n) is 10.1. The minimum Gasteiger partial charge on any atom is -0.343 e. The van der Waals surface area contributed by atoms with E-state index in [4.69, 9.17) is 17.2 Å². The predicted molar refractivity (Wildman–Crippen MR) is 153 cm³/mol. The third kappa shape index (κ3) is 8.88. The number of likely N-dealkylation sites (N-methyl/N-ethyl adjacent to an activating group) is 1. The molecule has 2 atom stereocenters. The van der Waals surface area contributed by atoms with Gasteiger partial charge in [-0.3, -0.25) is 14.6 Å². The van der Waals surface area contributed by atoms with Crippen LogP contribution in [-0.4, -0.2) is 73.1 Å². The lowest BCUT2D eigenvalue weighted by Crippen LogP contribution is -2.52. The van der Waals surface area contributed by atoms with E-state index >= 15 is 0 Å². The Balaban J connectivity index is 1.63. The van der Waals surface area contributed by atoms with Crippen LogP contribution in [0.2, 0.25) is 0 Å². The fourth-order valence-corrected chi connectivity index (χ4v) is 4.65. The standard InChI is InChI=1S/C29H41N7O2/c1-36(18-15-30,19-16-31)17-7-11-25(32)28(37)35-27(14-13-22-8-3-2-4-9-22)29(38)34-24-20-23-10-5-6-12-26(23)33-21-24/h2-6,8-10,12,20-21,25,27H,7,11,13-19,30-32H2,1H3,(H-,34,35,37,38)/p+1/t25?,27-/m0/s1. The number of carbonyl (C=O) groups excluding carboxylic acids is 2. The molecule has 0 saturated carbocycles. The quantitative estimate of drug-likeness (QED) is 0.193. The van der Waals surface area contributed by atoms with Gasteiger partial charge in [0.25, 0.3) is 0 Å². The molecule has 0 bridgehead atoms. The summed E-state index contributed by atoms with van der Waals surface area (Å²) in [4.78, 5) is 30.7. The summed E-state index contributed by atoms with van der Waals surface area (Å²) in [5.74, 6) is -0.629. The zero-order valence-electron chi connectivity index (χ0n) is 22.3. The van der Waals surface area contributed by atoms with Gasteiger partial charge in [-0.15, -0.1) is 0 Å². The molecule has 1 aromatic heterocycles. The van der Waals surface area contributed by atoms with Crippen molar-refractivity contribution in [2.75, 3.05) is 45.1 Å². The molecular formula is C29H42N7O2+. The van der Waals surface area contributed by atoms with Gasteiger partial charge in [0.2, 0.25) is 11.8 Å². The minimum absolute atomic E-state index is 0.298. The van der Waals surface area contributed by atoms with Crippen LogP contribution in [0.15, 0.2) is 66.9 Å². The Hall–Kier alpha value is -3.37. The molecule has 0 spiro atoms. The number of nitrogens with two attached hydrogens (primary N) is 3. The number of rotatable bonds is 15. The predicted octanol–water partition coefficient (Wildman–Crippen LogP) is 1.76. The fraction of sp³-hybridized carbons (Fsp3) is 0.414. The number of carbonyl (C=O) groups is 2. The van der Waals surface area contributed by atoms with Crippen LogP contribution in [0.1, 0.15) is 24.8 Å². The number of para-hydroxylation sites is 1. The second-order valence-corrected chi connectivity index (χ2v) is 10.1. The molecule has 1 unspecified atom stereocenters. The maximum Gasteiger partial charge on any atom is 0.247 e. The number of aryl methyl sites for hydroxylation is 1. The Morgan fingerprint density at radius 2 is 1.61 bits per heavy atom. The van der Waals surface area contributed by atoms with Crippen LogP contribution in [0.5, 0.6) is 0 Å². The van der Waals surface area contributed by atoms with Crippen LogP contribution < -0.4 is 27.8 Å². The second kappa shape index (κ2) is 14.5. The zero-order chi connectivity index (χ0) is 27.4. The summed E-state index contributed by atoms with van der Waals surface area (Å²) < 4.78 is 0.753. The van der Waals surface area contributed by atoms with E-state index in [-0.39, 0.29) is 11.8 Å². The molecule has 0 radical (unpaired) electrons.